The Hall–Kier alpha value is -2.00. The van der Waals surface area contributed by atoms with Crippen LogP contribution in [0.25, 0.3) is 10.2 Å². The predicted octanol–water partition coefficient (Wildman–Crippen LogP) is 3.18. The fraction of sp³-hybridized carbons (Fsp3) is 0.125. The van der Waals surface area contributed by atoms with Crippen LogP contribution in [-0.4, -0.2) is 25.9 Å². The van der Waals surface area contributed by atoms with E-state index in [1.807, 2.05) is 6.92 Å². The van der Waals surface area contributed by atoms with Gasteiger partial charge >= 0.3 is 0 Å². The van der Waals surface area contributed by atoms with Gasteiger partial charge in [0.25, 0.3) is 0 Å². The van der Waals surface area contributed by atoms with E-state index in [9.17, 15) is 13.2 Å². The number of nitrogens with one attached hydrogen (secondary N) is 2. The zero-order valence-electron chi connectivity index (χ0n) is 13.1. The van der Waals surface area contributed by atoms with Crippen molar-refractivity contribution in [1.82, 2.24) is 9.71 Å². The second-order valence-corrected chi connectivity index (χ2v) is 8.68. The number of hydrogen-bond donors (Lipinski definition) is 2. The van der Waals surface area contributed by atoms with E-state index in [0.29, 0.717) is 10.7 Å². The first-order valence-corrected chi connectivity index (χ1v) is 9.93. The quantitative estimate of drug-likeness (QED) is 0.694. The Balaban J connectivity index is 1.68. The number of fused-ring (bicyclic) bond motifs is 1. The number of anilines is 1. The Morgan fingerprint density at radius 1 is 1.24 bits per heavy atom. The molecule has 0 unspecified atom stereocenters. The van der Waals surface area contributed by atoms with Gasteiger partial charge in [0.2, 0.25) is 15.9 Å². The minimum Gasteiger partial charge on any atom is -0.325 e. The van der Waals surface area contributed by atoms with Gasteiger partial charge in [0, 0.05) is 10.7 Å². The van der Waals surface area contributed by atoms with Crippen molar-refractivity contribution in [2.24, 2.45) is 0 Å². The summed E-state index contributed by atoms with van der Waals surface area (Å²) in [5.74, 6) is -0.486. The minimum atomic E-state index is -3.80. The monoisotopic (exact) mass is 395 g/mol. The molecule has 130 valence electrons. The average molecular weight is 396 g/mol. The Bertz CT molecular complexity index is 1050. The van der Waals surface area contributed by atoms with Crippen LogP contribution < -0.4 is 10.0 Å². The highest BCUT2D eigenvalue weighted by Gasteiger charge is 2.17. The number of halogens is 1. The molecule has 2 aromatic carbocycles. The van der Waals surface area contributed by atoms with Gasteiger partial charge in [-0.2, -0.15) is 0 Å². The van der Waals surface area contributed by atoms with Gasteiger partial charge in [-0.3, -0.25) is 4.79 Å². The molecule has 1 aromatic heterocycles. The number of benzene rings is 2. The fourth-order valence-electron chi connectivity index (χ4n) is 2.20. The molecule has 1 heterocycles. The Morgan fingerprint density at radius 3 is 2.80 bits per heavy atom. The maximum atomic E-state index is 12.4. The van der Waals surface area contributed by atoms with Crippen LogP contribution in [0.5, 0.6) is 0 Å². The third-order valence-corrected chi connectivity index (χ3v) is 5.88. The molecule has 25 heavy (non-hydrogen) atoms. The van der Waals surface area contributed by atoms with Gasteiger partial charge in [-0.05, 0) is 43.3 Å². The molecule has 2 N–H and O–H groups in total. The second kappa shape index (κ2) is 7.09. The number of thiazole rings is 1. The molecular weight excluding hydrogens is 382 g/mol. The molecular formula is C16H14ClN3O3S2. The summed E-state index contributed by atoms with van der Waals surface area (Å²) in [6.07, 6.45) is 0. The molecule has 0 saturated heterocycles. The Labute approximate surface area is 153 Å². The van der Waals surface area contributed by atoms with E-state index in [4.69, 9.17) is 11.6 Å². The van der Waals surface area contributed by atoms with Crippen LogP contribution in [0, 0.1) is 6.92 Å². The molecule has 0 spiro atoms. The van der Waals surface area contributed by atoms with Crippen molar-refractivity contribution >= 4 is 54.8 Å². The number of carbonyl (C=O) groups excluding carboxylic acids is 1. The number of aryl methyl sites for hydroxylation is 1. The van der Waals surface area contributed by atoms with Crippen molar-refractivity contribution in [2.75, 3.05) is 11.9 Å². The third-order valence-electron chi connectivity index (χ3n) is 3.31. The fourth-order valence-corrected chi connectivity index (χ4v) is 4.34. The Kier molecular flexibility index (Phi) is 5.05. The molecule has 3 aromatic rings. The summed E-state index contributed by atoms with van der Waals surface area (Å²) in [7, 11) is -3.80. The van der Waals surface area contributed by atoms with Crippen LogP contribution in [0.3, 0.4) is 0 Å². The number of aromatic nitrogens is 1. The molecule has 0 radical (unpaired) electrons. The topological polar surface area (TPSA) is 88.2 Å². The molecule has 0 fully saturated rings. The van der Waals surface area contributed by atoms with Gasteiger partial charge in [0.05, 0.1) is 26.7 Å². The molecule has 0 aliphatic carbocycles. The summed E-state index contributed by atoms with van der Waals surface area (Å²) < 4.78 is 27.8. The van der Waals surface area contributed by atoms with Gasteiger partial charge in [-0.15, -0.1) is 11.3 Å². The van der Waals surface area contributed by atoms with Gasteiger partial charge in [-0.25, -0.2) is 18.1 Å². The van der Waals surface area contributed by atoms with Crippen LogP contribution in [-0.2, 0) is 14.8 Å². The Morgan fingerprint density at radius 2 is 2.04 bits per heavy atom. The first-order valence-electron chi connectivity index (χ1n) is 7.26. The standard InChI is InChI=1S/C16H14ClN3O3S2/c1-10-19-14-6-5-13(8-15(14)24-10)25(22,23)18-9-16(21)20-12-4-2-3-11(17)7-12/h2-8,18H,9H2,1H3,(H,20,21). The summed E-state index contributed by atoms with van der Waals surface area (Å²) in [5, 5.41) is 3.92. The third kappa shape index (κ3) is 4.35. The van der Waals surface area contributed by atoms with Gasteiger partial charge < -0.3 is 5.32 Å². The molecule has 0 aliphatic rings. The van der Waals surface area contributed by atoms with Gasteiger partial charge in [-0.1, -0.05) is 17.7 Å². The smallest absolute Gasteiger partial charge is 0.241 e. The first kappa shape index (κ1) is 17.8. The van der Waals surface area contributed by atoms with Crippen LogP contribution in [0.15, 0.2) is 47.4 Å². The zero-order valence-corrected chi connectivity index (χ0v) is 15.5. The van der Waals surface area contributed by atoms with E-state index in [2.05, 4.69) is 15.0 Å². The highest BCUT2D eigenvalue weighted by atomic mass is 35.5. The lowest BCUT2D eigenvalue weighted by molar-refractivity contribution is -0.115. The molecule has 0 atom stereocenters. The number of carbonyl (C=O) groups is 1. The molecule has 1 amide bonds. The van der Waals surface area contributed by atoms with E-state index in [1.165, 1.54) is 17.4 Å². The highest BCUT2D eigenvalue weighted by Crippen LogP contribution is 2.24. The van der Waals surface area contributed by atoms with E-state index in [1.54, 1.807) is 36.4 Å². The minimum absolute atomic E-state index is 0.0965. The van der Waals surface area contributed by atoms with Gasteiger partial charge in [0.1, 0.15) is 0 Å². The summed E-state index contributed by atoms with van der Waals surface area (Å²) in [6.45, 7) is 1.48. The van der Waals surface area contributed by atoms with Crippen LogP contribution >= 0.6 is 22.9 Å². The number of hydrogen-bond acceptors (Lipinski definition) is 5. The van der Waals surface area contributed by atoms with Crippen molar-refractivity contribution < 1.29 is 13.2 Å². The SMILES string of the molecule is Cc1nc2ccc(S(=O)(=O)NCC(=O)Nc3cccc(Cl)c3)cc2s1. The summed E-state index contributed by atoms with van der Waals surface area (Å²) in [4.78, 5) is 16.3. The lowest BCUT2D eigenvalue weighted by Crippen LogP contribution is -2.32. The van der Waals surface area contributed by atoms with Crippen molar-refractivity contribution in [3.8, 4) is 0 Å². The summed E-state index contributed by atoms with van der Waals surface area (Å²) >= 11 is 7.26. The van der Waals surface area contributed by atoms with Gasteiger partial charge in [0.15, 0.2) is 0 Å². The highest BCUT2D eigenvalue weighted by molar-refractivity contribution is 7.89. The zero-order chi connectivity index (χ0) is 18.0. The lowest BCUT2D eigenvalue weighted by Gasteiger charge is -2.08. The summed E-state index contributed by atoms with van der Waals surface area (Å²) in [5.41, 5.74) is 1.25. The van der Waals surface area contributed by atoms with Crippen molar-refractivity contribution in [3.05, 3.63) is 52.5 Å². The number of nitrogens with zero attached hydrogens (tertiary/aromatic N) is 1. The molecule has 6 nitrogen and oxygen atoms in total. The van der Waals surface area contributed by atoms with Crippen LogP contribution in [0.2, 0.25) is 5.02 Å². The van der Waals surface area contributed by atoms with E-state index in [-0.39, 0.29) is 11.4 Å². The van der Waals surface area contributed by atoms with Crippen molar-refractivity contribution in [1.29, 1.82) is 0 Å². The van der Waals surface area contributed by atoms with Crippen LogP contribution in [0.4, 0.5) is 5.69 Å². The van der Waals surface area contributed by atoms with Crippen molar-refractivity contribution in [3.63, 3.8) is 0 Å². The van der Waals surface area contributed by atoms with E-state index < -0.39 is 15.9 Å². The second-order valence-electron chi connectivity index (χ2n) is 5.25. The molecule has 0 bridgehead atoms. The number of rotatable bonds is 5. The predicted molar refractivity (Wildman–Crippen MR) is 99.6 cm³/mol. The average Bonchev–Trinajstić information content (AvgIpc) is 2.92. The van der Waals surface area contributed by atoms with Crippen molar-refractivity contribution in [2.45, 2.75) is 11.8 Å². The van der Waals surface area contributed by atoms with E-state index >= 15 is 0 Å². The molecule has 0 saturated carbocycles. The van der Waals surface area contributed by atoms with E-state index in [0.717, 1.165) is 15.2 Å². The van der Waals surface area contributed by atoms with Crippen LogP contribution in [0.1, 0.15) is 5.01 Å². The largest absolute Gasteiger partial charge is 0.325 e. The molecule has 0 aliphatic heterocycles. The number of amides is 1. The lowest BCUT2D eigenvalue weighted by atomic mass is 10.3. The normalized spacial score (nSPS) is 11.6. The summed E-state index contributed by atoms with van der Waals surface area (Å²) in [6, 6.07) is 11.3. The molecule has 9 heteroatoms. The molecule has 3 rings (SSSR count). The maximum Gasteiger partial charge on any atom is 0.241 e. The first-order chi connectivity index (χ1) is 11.8. The maximum absolute atomic E-state index is 12.4. The number of sulfonamides is 1.